The van der Waals surface area contributed by atoms with Crippen molar-refractivity contribution in [2.45, 2.75) is 71.8 Å². The Morgan fingerprint density at radius 3 is 2.48 bits per heavy atom. The zero-order valence-corrected chi connectivity index (χ0v) is 13.6. The molecule has 1 rings (SSSR count). The Bertz CT molecular complexity index is 404. The zero-order valence-electron chi connectivity index (χ0n) is 13.6. The van der Waals surface area contributed by atoms with Gasteiger partial charge in [-0.25, -0.2) is 9.36 Å². The summed E-state index contributed by atoms with van der Waals surface area (Å²) >= 11 is 0. The van der Waals surface area contributed by atoms with Crippen LogP contribution in [0.1, 0.15) is 75.6 Å². The molecule has 0 aromatic carbocycles. The third-order valence-electron chi connectivity index (χ3n) is 3.59. The number of pyridine rings is 1. The smallest absolute Gasteiger partial charge is 0.344 e. The lowest BCUT2D eigenvalue weighted by Gasteiger charge is -2.04. The predicted molar refractivity (Wildman–Crippen MR) is 85.2 cm³/mol. The van der Waals surface area contributed by atoms with E-state index >= 15 is 0 Å². The average molecular weight is 292 g/mol. The largest absolute Gasteiger partial charge is 0.462 e. The molecule has 3 heteroatoms. The van der Waals surface area contributed by atoms with Gasteiger partial charge in [0.1, 0.15) is 12.1 Å². The number of unbranched alkanes of at least 4 members (excludes halogenated alkanes) is 6. The number of esters is 1. The van der Waals surface area contributed by atoms with Gasteiger partial charge in [0, 0.05) is 12.5 Å². The molecule has 0 N–H and O–H groups in total. The molecule has 1 heterocycles. The second kappa shape index (κ2) is 11.3. The number of aryl methyl sites for hydroxylation is 1. The van der Waals surface area contributed by atoms with Crippen LogP contribution in [0.2, 0.25) is 0 Å². The van der Waals surface area contributed by atoms with Crippen LogP contribution in [0.15, 0.2) is 24.5 Å². The van der Waals surface area contributed by atoms with Crippen LogP contribution in [0.4, 0.5) is 0 Å². The minimum atomic E-state index is -0.200. The Balaban J connectivity index is 2.34. The van der Waals surface area contributed by atoms with Gasteiger partial charge in [0.05, 0.1) is 6.61 Å². The van der Waals surface area contributed by atoms with Crippen LogP contribution in [0.3, 0.4) is 0 Å². The number of carbonyl (C=O) groups excluding carboxylic acids is 1. The van der Waals surface area contributed by atoms with Crippen molar-refractivity contribution in [2.24, 2.45) is 0 Å². The highest BCUT2D eigenvalue weighted by Gasteiger charge is 2.11. The van der Waals surface area contributed by atoms with Crippen LogP contribution < -0.4 is 4.57 Å². The normalized spacial score (nSPS) is 10.6. The first-order chi connectivity index (χ1) is 10.3. The van der Waals surface area contributed by atoms with E-state index in [9.17, 15) is 4.79 Å². The summed E-state index contributed by atoms with van der Waals surface area (Å²) in [7, 11) is 0. The van der Waals surface area contributed by atoms with Crippen molar-refractivity contribution in [3.05, 3.63) is 30.1 Å². The standard InChI is InChI=1S/C18H30NO2/c1-3-5-7-9-13-19-14-11-12-17(16-19)18(20)21-15-10-8-6-4-2/h11-12,14,16H,3-10,13,15H2,1-2H3/q+1. The van der Waals surface area contributed by atoms with E-state index in [4.69, 9.17) is 4.74 Å². The van der Waals surface area contributed by atoms with E-state index in [1.54, 1.807) is 0 Å². The summed E-state index contributed by atoms with van der Waals surface area (Å²) in [6.07, 6.45) is 13.4. The van der Waals surface area contributed by atoms with Gasteiger partial charge in [0.2, 0.25) is 0 Å². The zero-order chi connectivity index (χ0) is 15.3. The highest BCUT2D eigenvalue weighted by Crippen LogP contribution is 2.03. The van der Waals surface area contributed by atoms with Crippen molar-refractivity contribution in [2.75, 3.05) is 6.61 Å². The quantitative estimate of drug-likeness (QED) is 0.346. The Kier molecular flexibility index (Phi) is 9.51. The van der Waals surface area contributed by atoms with Crippen molar-refractivity contribution in [3.63, 3.8) is 0 Å². The molecule has 0 saturated heterocycles. The molecule has 1 aromatic rings. The fourth-order valence-corrected chi connectivity index (χ4v) is 2.28. The molecular weight excluding hydrogens is 262 g/mol. The molecule has 0 atom stereocenters. The summed E-state index contributed by atoms with van der Waals surface area (Å²) in [5, 5.41) is 0. The van der Waals surface area contributed by atoms with Crippen LogP contribution in [-0.4, -0.2) is 12.6 Å². The average Bonchev–Trinajstić information content (AvgIpc) is 2.51. The van der Waals surface area contributed by atoms with Crippen LogP contribution in [0.25, 0.3) is 0 Å². The highest BCUT2D eigenvalue weighted by molar-refractivity contribution is 5.88. The molecule has 3 nitrogen and oxygen atoms in total. The number of aromatic nitrogens is 1. The Morgan fingerprint density at radius 1 is 1.05 bits per heavy atom. The molecule has 21 heavy (non-hydrogen) atoms. The van der Waals surface area contributed by atoms with Gasteiger partial charge in [-0.15, -0.1) is 0 Å². The highest BCUT2D eigenvalue weighted by atomic mass is 16.5. The first kappa shape index (κ1) is 17.7. The maximum absolute atomic E-state index is 12.0. The number of hydrogen-bond acceptors (Lipinski definition) is 2. The lowest BCUT2D eigenvalue weighted by molar-refractivity contribution is -0.697. The molecule has 0 radical (unpaired) electrons. The van der Waals surface area contributed by atoms with Crippen molar-refractivity contribution in [1.29, 1.82) is 0 Å². The van der Waals surface area contributed by atoms with E-state index < -0.39 is 0 Å². The van der Waals surface area contributed by atoms with Crippen molar-refractivity contribution in [1.82, 2.24) is 0 Å². The van der Waals surface area contributed by atoms with Crippen molar-refractivity contribution < 1.29 is 14.1 Å². The summed E-state index contributed by atoms with van der Waals surface area (Å²) in [5.74, 6) is -0.200. The van der Waals surface area contributed by atoms with Gasteiger partial charge in [0.25, 0.3) is 0 Å². The number of carbonyl (C=O) groups is 1. The van der Waals surface area contributed by atoms with E-state index in [1.807, 2.05) is 24.5 Å². The molecule has 0 bridgehead atoms. The van der Waals surface area contributed by atoms with E-state index in [0.717, 1.165) is 25.8 Å². The molecule has 0 aliphatic heterocycles. The number of nitrogens with zero attached hydrogens (tertiary/aromatic N) is 1. The van der Waals surface area contributed by atoms with Crippen LogP contribution in [0.5, 0.6) is 0 Å². The third-order valence-corrected chi connectivity index (χ3v) is 3.59. The molecule has 0 fully saturated rings. The van der Waals surface area contributed by atoms with Crippen LogP contribution in [0, 0.1) is 0 Å². The van der Waals surface area contributed by atoms with Crippen LogP contribution >= 0.6 is 0 Å². The molecular formula is C18H30NO2+. The van der Waals surface area contributed by atoms with Gasteiger partial charge < -0.3 is 4.74 Å². The minimum absolute atomic E-state index is 0.200. The Morgan fingerprint density at radius 2 is 1.76 bits per heavy atom. The van der Waals surface area contributed by atoms with Gasteiger partial charge in [-0.05, 0) is 18.9 Å². The summed E-state index contributed by atoms with van der Waals surface area (Å²) in [6, 6.07) is 3.75. The van der Waals surface area contributed by atoms with Crippen molar-refractivity contribution in [3.8, 4) is 0 Å². The van der Waals surface area contributed by atoms with E-state index in [-0.39, 0.29) is 5.97 Å². The van der Waals surface area contributed by atoms with E-state index in [2.05, 4.69) is 18.4 Å². The maximum Gasteiger partial charge on any atom is 0.344 e. The summed E-state index contributed by atoms with van der Waals surface area (Å²) in [4.78, 5) is 12.0. The molecule has 0 aliphatic rings. The molecule has 0 saturated carbocycles. The fraction of sp³-hybridized carbons (Fsp3) is 0.667. The van der Waals surface area contributed by atoms with Crippen molar-refractivity contribution >= 4 is 5.97 Å². The first-order valence-electron chi connectivity index (χ1n) is 8.44. The van der Waals surface area contributed by atoms with E-state index in [1.165, 1.54) is 32.1 Å². The van der Waals surface area contributed by atoms with Gasteiger partial charge >= 0.3 is 5.97 Å². The van der Waals surface area contributed by atoms with Gasteiger partial charge in [-0.3, -0.25) is 0 Å². The maximum atomic E-state index is 12.0. The molecule has 0 amide bonds. The van der Waals surface area contributed by atoms with Gasteiger partial charge in [-0.1, -0.05) is 46.0 Å². The molecule has 0 spiro atoms. The monoisotopic (exact) mass is 292 g/mol. The SMILES string of the molecule is CCCCCCOC(=O)c1ccc[n+](CCCCCC)c1. The number of hydrogen-bond donors (Lipinski definition) is 0. The van der Waals surface area contributed by atoms with Crippen LogP contribution in [-0.2, 0) is 11.3 Å². The topological polar surface area (TPSA) is 30.2 Å². The van der Waals surface area contributed by atoms with Gasteiger partial charge in [-0.2, -0.15) is 0 Å². The molecule has 1 aromatic heterocycles. The lowest BCUT2D eigenvalue weighted by atomic mass is 10.2. The third kappa shape index (κ3) is 7.84. The Labute approximate surface area is 129 Å². The predicted octanol–water partition coefficient (Wildman–Crippen LogP) is 4.29. The second-order valence-electron chi connectivity index (χ2n) is 5.59. The Hall–Kier alpha value is -1.38. The molecule has 118 valence electrons. The molecule has 0 aliphatic carbocycles. The fourth-order valence-electron chi connectivity index (χ4n) is 2.28. The minimum Gasteiger partial charge on any atom is -0.462 e. The lowest BCUT2D eigenvalue weighted by Crippen LogP contribution is -2.34. The number of ether oxygens (including phenoxy) is 1. The first-order valence-corrected chi connectivity index (χ1v) is 8.44. The second-order valence-corrected chi connectivity index (χ2v) is 5.59. The number of rotatable bonds is 11. The summed E-state index contributed by atoms with van der Waals surface area (Å²) in [5.41, 5.74) is 0.656. The molecule has 0 unspecified atom stereocenters. The van der Waals surface area contributed by atoms with E-state index in [0.29, 0.717) is 12.2 Å². The van der Waals surface area contributed by atoms with Gasteiger partial charge in [0.15, 0.2) is 12.4 Å². The summed E-state index contributed by atoms with van der Waals surface area (Å²) in [6.45, 7) is 5.89. The summed E-state index contributed by atoms with van der Waals surface area (Å²) < 4.78 is 7.41.